The second-order valence-corrected chi connectivity index (χ2v) is 8.34. The van der Waals surface area contributed by atoms with E-state index in [1.54, 1.807) is 0 Å². The average Bonchev–Trinajstić information content (AvgIpc) is 2.93. The Labute approximate surface area is 130 Å². The van der Waals surface area contributed by atoms with Gasteiger partial charge in [0.25, 0.3) is 0 Å². The lowest BCUT2D eigenvalue weighted by Crippen LogP contribution is -2.46. The fraction of sp³-hybridized carbons (Fsp3) is 0.944. The van der Waals surface area contributed by atoms with Gasteiger partial charge in [-0.2, -0.15) is 0 Å². The fourth-order valence-electron chi connectivity index (χ4n) is 4.32. The highest BCUT2D eigenvalue weighted by Crippen LogP contribution is 2.36. The van der Waals surface area contributed by atoms with Crippen molar-refractivity contribution in [3.05, 3.63) is 0 Å². The van der Waals surface area contributed by atoms with Crippen molar-refractivity contribution >= 4 is 5.91 Å². The van der Waals surface area contributed by atoms with Crippen molar-refractivity contribution < 1.29 is 4.79 Å². The van der Waals surface area contributed by atoms with Gasteiger partial charge in [-0.05, 0) is 43.4 Å². The summed E-state index contributed by atoms with van der Waals surface area (Å²) in [6.45, 7) is 8.05. The Kier molecular flexibility index (Phi) is 5.70. The predicted molar refractivity (Wildman–Crippen MR) is 87.9 cm³/mol. The summed E-state index contributed by atoms with van der Waals surface area (Å²) in [4.78, 5) is 15.2. The number of hydrogen-bond acceptors (Lipinski definition) is 2. The minimum atomic E-state index is 0.00851. The molecule has 2 unspecified atom stereocenters. The monoisotopic (exact) mass is 294 g/mol. The van der Waals surface area contributed by atoms with E-state index in [0.717, 1.165) is 18.9 Å². The molecule has 1 aliphatic carbocycles. The van der Waals surface area contributed by atoms with Crippen LogP contribution in [0, 0.1) is 17.3 Å². The quantitative estimate of drug-likeness (QED) is 0.861. The number of nitrogens with zero attached hydrogens (tertiary/aromatic N) is 1. The van der Waals surface area contributed by atoms with E-state index in [1.165, 1.54) is 44.9 Å². The first-order chi connectivity index (χ1) is 9.92. The summed E-state index contributed by atoms with van der Waals surface area (Å²) >= 11 is 0. The third-order valence-corrected chi connectivity index (χ3v) is 5.27. The molecule has 1 aliphatic heterocycles. The lowest BCUT2D eigenvalue weighted by Gasteiger charge is -2.36. The molecule has 0 bridgehead atoms. The molecule has 0 aromatic carbocycles. The van der Waals surface area contributed by atoms with Crippen LogP contribution in [-0.4, -0.2) is 29.9 Å². The number of likely N-dealkylation sites (tertiary alicyclic amines) is 1. The topological polar surface area (TPSA) is 46.3 Å². The Morgan fingerprint density at radius 1 is 1.14 bits per heavy atom. The molecule has 2 rings (SSSR count). The van der Waals surface area contributed by atoms with Crippen molar-refractivity contribution in [3.8, 4) is 0 Å². The number of carbonyl (C=O) groups is 1. The molecule has 2 fully saturated rings. The van der Waals surface area contributed by atoms with E-state index in [1.807, 2.05) is 0 Å². The summed E-state index contributed by atoms with van der Waals surface area (Å²) in [7, 11) is 0. The van der Waals surface area contributed by atoms with Gasteiger partial charge in [0.1, 0.15) is 0 Å². The van der Waals surface area contributed by atoms with Gasteiger partial charge in [0, 0.05) is 19.1 Å². The molecule has 3 heteroatoms. The van der Waals surface area contributed by atoms with Gasteiger partial charge >= 0.3 is 0 Å². The van der Waals surface area contributed by atoms with Gasteiger partial charge in [0.05, 0.1) is 5.92 Å². The molecule has 1 saturated carbocycles. The summed E-state index contributed by atoms with van der Waals surface area (Å²) in [5, 5.41) is 0. The zero-order chi connectivity index (χ0) is 15.5. The molecule has 0 aromatic heterocycles. The molecular formula is C18H34N2O. The number of rotatable bonds is 4. The van der Waals surface area contributed by atoms with E-state index in [-0.39, 0.29) is 11.3 Å². The highest BCUT2D eigenvalue weighted by molar-refractivity contribution is 5.79. The molecular weight excluding hydrogens is 260 g/mol. The molecule has 0 radical (unpaired) electrons. The van der Waals surface area contributed by atoms with Crippen LogP contribution in [0.15, 0.2) is 0 Å². The maximum absolute atomic E-state index is 13.0. The predicted octanol–water partition coefficient (Wildman–Crippen LogP) is 3.57. The van der Waals surface area contributed by atoms with Crippen LogP contribution in [0.25, 0.3) is 0 Å². The minimum absolute atomic E-state index is 0.00851. The van der Waals surface area contributed by atoms with Gasteiger partial charge in [0.15, 0.2) is 0 Å². The van der Waals surface area contributed by atoms with Gasteiger partial charge in [-0.15, -0.1) is 0 Å². The van der Waals surface area contributed by atoms with E-state index in [2.05, 4.69) is 25.7 Å². The largest absolute Gasteiger partial charge is 0.339 e. The maximum atomic E-state index is 13.0. The molecule has 2 aliphatic rings. The smallest absolute Gasteiger partial charge is 0.227 e. The zero-order valence-electron chi connectivity index (χ0n) is 14.2. The molecule has 122 valence electrons. The Morgan fingerprint density at radius 2 is 1.81 bits per heavy atom. The second kappa shape index (κ2) is 7.13. The van der Waals surface area contributed by atoms with Gasteiger partial charge in [-0.25, -0.2) is 0 Å². The SMILES string of the molecule is CC(C)(C)CC(CN)C(=O)N1CCCC1C1CCCCC1. The van der Waals surface area contributed by atoms with Crippen LogP contribution < -0.4 is 5.73 Å². The standard InChI is InChI=1S/C18H34N2O/c1-18(2,3)12-15(13-19)17(21)20-11-7-10-16(20)14-8-5-4-6-9-14/h14-16H,4-13,19H2,1-3H3. The normalized spacial score (nSPS) is 26.1. The van der Waals surface area contributed by atoms with Gasteiger partial charge in [-0.1, -0.05) is 40.0 Å². The summed E-state index contributed by atoms with van der Waals surface area (Å²) < 4.78 is 0. The van der Waals surface area contributed by atoms with E-state index in [9.17, 15) is 4.79 Å². The fourth-order valence-corrected chi connectivity index (χ4v) is 4.32. The van der Waals surface area contributed by atoms with Crippen LogP contribution >= 0.6 is 0 Å². The van der Waals surface area contributed by atoms with Crippen molar-refractivity contribution in [1.29, 1.82) is 0 Å². The Morgan fingerprint density at radius 3 is 2.38 bits per heavy atom. The summed E-state index contributed by atoms with van der Waals surface area (Å²) in [5.74, 6) is 1.09. The lowest BCUT2D eigenvalue weighted by atomic mass is 9.81. The van der Waals surface area contributed by atoms with E-state index in [0.29, 0.717) is 18.5 Å². The van der Waals surface area contributed by atoms with Crippen LogP contribution in [0.2, 0.25) is 0 Å². The molecule has 2 atom stereocenters. The first kappa shape index (κ1) is 16.8. The third kappa shape index (κ3) is 4.45. The van der Waals surface area contributed by atoms with Crippen molar-refractivity contribution in [2.45, 2.75) is 78.2 Å². The molecule has 0 aromatic rings. The van der Waals surface area contributed by atoms with Crippen LogP contribution in [-0.2, 0) is 4.79 Å². The third-order valence-electron chi connectivity index (χ3n) is 5.27. The Hall–Kier alpha value is -0.570. The van der Waals surface area contributed by atoms with Crippen molar-refractivity contribution in [2.24, 2.45) is 23.0 Å². The number of hydrogen-bond donors (Lipinski definition) is 1. The van der Waals surface area contributed by atoms with Gasteiger partial charge < -0.3 is 10.6 Å². The maximum Gasteiger partial charge on any atom is 0.227 e. The Bertz CT molecular complexity index is 342. The molecule has 0 spiro atoms. The molecule has 3 nitrogen and oxygen atoms in total. The molecule has 1 saturated heterocycles. The summed E-state index contributed by atoms with van der Waals surface area (Å²) in [6.07, 6.45) is 10.0. The number of carbonyl (C=O) groups excluding carboxylic acids is 1. The first-order valence-corrected chi connectivity index (χ1v) is 8.93. The lowest BCUT2D eigenvalue weighted by molar-refractivity contribution is -0.138. The Balaban J connectivity index is 2.01. The van der Waals surface area contributed by atoms with Crippen LogP contribution in [0.1, 0.15) is 72.1 Å². The molecule has 1 amide bonds. The van der Waals surface area contributed by atoms with E-state index in [4.69, 9.17) is 5.73 Å². The zero-order valence-corrected chi connectivity index (χ0v) is 14.2. The van der Waals surface area contributed by atoms with Gasteiger partial charge in [0.2, 0.25) is 5.91 Å². The van der Waals surface area contributed by atoms with Crippen molar-refractivity contribution in [1.82, 2.24) is 4.90 Å². The minimum Gasteiger partial charge on any atom is -0.339 e. The van der Waals surface area contributed by atoms with E-state index >= 15 is 0 Å². The molecule has 21 heavy (non-hydrogen) atoms. The second-order valence-electron chi connectivity index (χ2n) is 8.34. The average molecular weight is 294 g/mol. The first-order valence-electron chi connectivity index (χ1n) is 8.93. The summed E-state index contributed by atoms with van der Waals surface area (Å²) in [5.41, 5.74) is 6.09. The van der Waals surface area contributed by atoms with Crippen molar-refractivity contribution in [3.63, 3.8) is 0 Å². The van der Waals surface area contributed by atoms with Crippen LogP contribution in [0.4, 0.5) is 0 Å². The highest BCUT2D eigenvalue weighted by Gasteiger charge is 2.38. The van der Waals surface area contributed by atoms with Gasteiger partial charge in [-0.3, -0.25) is 4.79 Å². The molecule has 2 N–H and O–H groups in total. The highest BCUT2D eigenvalue weighted by atomic mass is 16.2. The van der Waals surface area contributed by atoms with Crippen LogP contribution in [0.5, 0.6) is 0 Å². The summed E-state index contributed by atoms with van der Waals surface area (Å²) in [6, 6.07) is 0.506. The van der Waals surface area contributed by atoms with Crippen LogP contribution in [0.3, 0.4) is 0 Å². The molecule has 1 heterocycles. The van der Waals surface area contributed by atoms with E-state index < -0.39 is 0 Å². The number of nitrogens with two attached hydrogens (primary N) is 1. The number of amides is 1. The van der Waals surface area contributed by atoms with Crippen molar-refractivity contribution in [2.75, 3.05) is 13.1 Å².